The summed E-state index contributed by atoms with van der Waals surface area (Å²) in [5, 5.41) is 16.0. The maximum Gasteiger partial charge on any atom is 0.281 e. The summed E-state index contributed by atoms with van der Waals surface area (Å²) in [6.45, 7) is 1.74. The maximum atomic E-state index is 13.0. The van der Waals surface area contributed by atoms with Gasteiger partial charge in [-0.25, -0.2) is 5.43 Å². The third-order valence-corrected chi connectivity index (χ3v) is 4.63. The van der Waals surface area contributed by atoms with Crippen LogP contribution in [0.25, 0.3) is 0 Å². The monoisotopic (exact) mass is 378 g/mol. The van der Waals surface area contributed by atoms with Crippen molar-refractivity contribution in [2.24, 2.45) is 5.10 Å². The molecule has 0 atom stereocenters. The smallest absolute Gasteiger partial charge is 0.281 e. The van der Waals surface area contributed by atoms with Crippen molar-refractivity contribution in [1.82, 2.24) is 5.43 Å². The molecule has 0 heterocycles. The van der Waals surface area contributed by atoms with E-state index in [0.717, 1.165) is 0 Å². The second-order valence-corrected chi connectivity index (χ2v) is 6.47. The first kappa shape index (κ1) is 18.8. The van der Waals surface area contributed by atoms with Crippen molar-refractivity contribution in [3.8, 4) is 0 Å². The summed E-state index contributed by atoms with van der Waals surface area (Å²) in [6, 6.07) is 24.8. The van der Waals surface area contributed by atoms with Crippen molar-refractivity contribution < 1.29 is 9.90 Å². The molecule has 27 heavy (non-hydrogen) atoms. The van der Waals surface area contributed by atoms with E-state index in [9.17, 15) is 9.90 Å². The van der Waals surface area contributed by atoms with Gasteiger partial charge in [-0.1, -0.05) is 90.5 Å². The first-order valence-corrected chi connectivity index (χ1v) is 8.84. The molecule has 1 amide bonds. The molecule has 0 aromatic heterocycles. The third-order valence-electron chi connectivity index (χ3n) is 4.30. The van der Waals surface area contributed by atoms with Crippen LogP contribution in [-0.4, -0.2) is 16.7 Å². The van der Waals surface area contributed by atoms with Gasteiger partial charge in [0.05, 0.1) is 5.71 Å². The molecule has 0 aliphatic carbocycles. The predicted molar refractivity (Wildman–Crippen MR) is 108 cm³/mol. The molecule has 0 aliphatic rings. The maximum absolute atomic E-state index is 13.0. The fourth-order valence-corrected chi connectivity index (χ4v) is 3.09. The van der Waals surface area contributed by atoms with Crippen LogP contribution >= 0.6 is 11.6 Å². The Hall–Kier alpha value is -2.95. The van der Waals surface area contributed by atoms with E-state index in [1.165, 1.54) is 0 Å². The molecule has 3 aromatic carbocycles. The van der Waals surface area contributed by atoms with E-state index in [4.69, 9.17) is 11.6 Å². The lowest BCUT2D eigenvalue weighted by molar-refractivity contribution is -0.136. The van der Waals surface area contributed by atoms with Crippen LogP contribution in [0.5, 0.6) is 0 Å². The molecule has 0 saturated heterocycles. The van der Waals surface area contributed by atoms with Crippen LogP contribution < -0.4 is 5.43 Å². The number of nitrogens with one attached hydrogen (secondary N) is 1. The number of nitrogens with zero attached hydrogens (tertiary/aromatic N) is 1. The Morgan fingerprint density at radius 2 is 1.37 bits per heavy atom. The normalized spacial score (nSPS) is 11.9. The highest BCUT2D eigenvalue weighted by Gasteiger charge is 2.39. The highest BCUT2D eigenvalue weighted by atomic mass is 35.5. The van der Waals surface area contributed by atoms with E-state index < -0.39 is 11.5 Å². The minimum atomic E-state index is -1.87. The highest BCUT2D eigenvalue weighted by molar-refractivity contribution is 6.34. The van der Waals surface area contributed by atoms with Crippen LogP contribution in [0.2, 0.25) is 5.02 Å². The molecule has 3 rings (SSSR count). The van der Waals surface area contributed by atoms with Gasteiger partial charge in [0.2, 0.25) is 0 Å². The average molecular weight is 379 g/mol. The summed E-state index contributed by atoms with van der Waals surface area (Å²) in [7, 11) is 0. The highest BCUT2D eigenvalue weighted by Crippen LogP contribution is 2.30. The van der Waals surface area contributed by atoms with Gasteiger partial charge in [-0.3, -0.25) is 4.79 Å². The molecule has 2 N–H and O–H groups in total. The van der Waals surface area contributed by atoms with Crippen LogP contribution in [0.3, 0.4) is 0 Å². The summed E-state index contributed by atoms with van der Waals surface area (Å²) < 4.78 is 0. The summed E-state index contributed by atoms with van der Waals surface area (Å²) >= 11 is 6.17. The van der Waals surface area contributed by atoms with Crippen LogP contribution in [0.15, 0.2) is 90.0 Å². The molecule has 0 fully saturated rings. The quantitative estimate of drug-likeness (QED) is 0.518. The zero-order valence-electron chi connectivity index (χ0n) is 14.8. The molecule has 5 heteroatoms. The van der Waals surface area contributed by atoms with Crippen LogP contribution in [0.1, 0.15) is 23.6 Å². The van der Waals surface area contributed by atoms with Gasteiger partial charge in [0, 0.05) is 10.6 Å². The molecule has 4 nitrogen and oxygen atoms in total. The third kappa shape index (κ3) is 3.92. The van der Waals surface area contributed by atoms with Gasteiger partial charge in [-0.05, 0) is 24.1 Å². The zero-order chi connectivity index (χ0) is 19.3. The summed E-state index contributed by atoms with van der Waals surface area (Å²) in [6.07, 6.45) is 0. The van der Waals surface area contributed by atoms with Gasteiger partial charge in [-0.2, -0.15) is 5.10 Å². The number of carbonyl (C=O) groups is 1. The van der Waals surface area contributed by atoms with Crippen molar-refractivity contribution in [2.45, 2.75) is 12.5 Å². The van der Waals surface area contributed by atoms with E-state index in [1.807, 2.05) is 30.3 Å². The fourth-order valence-electron chi connectivity index (χ4n) is 2.82. The molecule has 0 aliphatic heterocycles. The summed E-state index contributed by atoms with van der Waals surface area (Å²) in [5.41, 5.74) is 2.78. The Labute approximate surface area is 163 Å². The van der Waals surface area contributed by atoms with Crippen LogP contribution in [0.4, 0.5) is 0 Å². The van der Waals surface area contributed by atoms with Gasteiger partial charge in [-0.15, -0.1) is 0 Å². The molecule has 0 spiro atoms. The zero-order valence-corrected chi connectivity index (χ0v) is 15.5. The molecular weight excluding hydrogens is 360 g/mol. The number of benzene rings is 3. The number of carbonyl (C=O) groups excluding carboxylic acids is 1. The average Bonchev–Trinajstić information content (AvgIpc) is 2.72. The summed E-state index contributed by atoms with van der Waals surface area (Å²) in [5.74, 6) is -0.647. The molecule has 136 valence electrons. The van der Waals surface area contributed by atoms with E-state index in [2.05, 4.69) is 10.5 Å². The lowest BCUT2D eigenvalue weighted by Gasteiger charge is -2.27. The van der Waals surface area contributed by atoms with E-state index in [-0.39, 0.29) is 0 Å². The van der Waals surface area contributed by atoms with Gasteiger partial charge >= 0.3 is 0 Å². The Kier molecular flexibility index (Phi) is 5.69. The van der Waals surface area contributed by atoms with Crippen molar-refractivity contribution in [1.29, 1.82) is 0 Å². The molecule has 0 radical (unpaired) electrons. The van der Waals surface area contributed by atoms with Crippen LogP contribution in [0, 0.1) is 0 Å². The first-order valence-electron chi connectivity index (χ1n) is 8.46. The summed E-state index contributed by atoms with van der Waals surface area (Å²) in [4.78, 5) is 13.0. The number of hydrogen-bond donors (Lipinski definition) is 2. The standard InChI is InChI=1S/C22H19ClN2O2/c1-16(19-14-8-9-15-20(19)23)24-25-21(26)22(27,17-10-4-2-5-11-17)18-12-6-3-7-13-18/h2-15,27H,1H3,(H,25,26)/b24-16+. The largest absolute Gasteiger partial charge is 0.372 e. The number of amides is 1. The number of hydrazone groups is 1. The lowest BCUT2D eigenvalue weighted by Crippen LogP contribution is -2.43. The Balaban J connectivity index is 1.95. The van der Waals surface area contributed by atoms with Gasteiger partial charge in [0.25, 0.3) is 5.91 Å². The minimum Gasteiger partial charge on any atom is -0.372 e. The molecule has 0 saturated carbocycles. The topological polar surface area (TPSA) is 61.7 Å². The van der Waals surface area contributed by atoms with Crippen molar-refractivity contribution in [3.63, 3.8) is 0 Å². The number of rotatable bonds is 5. The number of aliphatic hydroxyl groups is 1. The van der Waals surface area contributed by atoms with Gasteiger partial charge < -0.3 is 5.11 Å². The number of hydrogen-bond acceptors (Lipinski definition) is 3. The van der Waals surface area contributed by atoms with E-state index >= 15 is 0 Å². The van der Waals surface area contributed by atoms with E-state index in [0.29, 0.717) is 27.4 Å². The predicted octanol–water partition coefficient (Wildman–Crippen LogP) is 4.12. The molecule has 0 unspecified atom stereocenters. The Morgan fingerprint density at radius 3 is 1.89 bits per heavy atom. The van der Waals surface area contributed by atoms with E-state index in [1.54, 1.807) is 61.5 Å². The molecular formula is C22H19ClN2O2. The van der Waals surface area contributed by atoms with Crippen molar-refractivity contribution in [3.05, 3.63) is 107 Å². The molecule has 0 bridgehead atoms. The lowest BCUT2D eigenvalue weighted by atomic mass is 9.85. The molecule has 3 aromatic rings. The van der Waals surface area contributed by atoms with Crippen LogP contribution in [-0.2, 0) is 10.4 Å². The minimum absolute atomic E-state index is 0.458. The second kappa shape index (κ2) is 8.16. The Morgan fingerprint density at radius 1 is 0.889 bits per heavy atom. The SMILES string of the molecule is C/C(=N\NC(=O)C(O)(c1ccccc1)c1ccccc1)c1ccccc1Cl. The van der Waals surface area contributed by atoms with Crippen molar-refractivity contribution in [2.75, 3.05) is 0 Å². The fraction of sp³-hybridized carbons (Fsp3) is 0.0909. The Bertz CT molecular complexity index is 917. The number of halogens is 1. The van der Waals surface area contributed by atoms with Gasteiger partial charge in [0.15, 0.2) is 5.60 Å². The van der Waals surface area contributed by atoms with Gasteiger partial charge in [0.1, 0.15) is 0 Å². The van der Waals surface area contributed by atoms with Crippen molar-refractivity contribution >= 4 is 23.2 Å². The first-order chi connectivity index (χ1) is 13.0. The second-order valence-electron chi connectivity index (χ2n) is 6.06.